The zero-order valence-corrected chi connectivity index (χ0v) is 25.5. The van der Waals surface area contributed by atoms with Gasteiger partial charge in [-0.25, -0.2) is 4.79 Å². The molecule has 0 saturated heterocycles. The Kier molecular flexibility index (Phi) is 8.53. The fourth-order valence-corrected chi connectivity index (χ4v) is 5.15. The standard InChI is InChI=1S/C30H31N9O7/c1-5-6-10-31-27(41)23-12-18(15-35(23)2)33-28(42)24-11-17(14-36(24)3)32-25(40)16-38-21-8-7-9-22(39(45)46)19(21)13-20-26(38)34-30(44)37(4)29(20)43/h7-9,11-15H,5-6,10,16H2,1-4H3,(H,31,41)(H,32,40)(H,33,42). The average Bonchev–Trinajstić information content (AvgIpc) is 3.56. The molecule has 3 amide bonds. The van der Waals surface area contributed by atoms with Gasteiger partial charge >= 0.3 is 5.69 Å². The summed E-state index contributed by atoms with van der Waals surface area (Å²) in [6.45, 7) is 2.11. The number of hydrogen-bond acceptors (Lipinski definition) is 8. The highest BCUT2D eigenvalue weighted by atomic mass is 16.6. The lowest BCUT2D eigenvalue weighted by atomic mass is 10.1. The molecule has 0 unspecified atom stereocenters. The largest absolute Gasteiger partial charge is 0.352 e. The van der Waals surface area contributed by atoms with Crippen LogP contribution in [0.4, 0.5) is 17.1 Å². The fraction of sp³-hybridized carbons (Fsp3) is 0.267. The smallest absolute Gasteiger partial charge is 0.351 e. The van der Waals surface area contributed by atoms with Crippen LogP contribution in [0.5, 0.6) is 0 Å². The third-order valence-corrected chi connectivity index (χ3v) is 7.49. The maximum Gasteiger partial charge on any atom is 0.352 e. The fourth-order valence-electron chi connectivity index (χ4n) is 5.15. The van der Waals surface area contributed by atoms with E-state index in [1.54, 1.807) is 30.9 Å². The van der Waals surface area contributed by atoms with E-state index in [2.05, 4.69) is 20.9 Å². The molecule has 16 heteroatoms. The number of rotatable bonds is 10. The Balaban J connectivity index is 1.39. The molecule has 0 radical (unpaired) electrons. The van der Waals surface area contributed by atoms with Crippen LogP contribution in [0, 0.1) is 10.1 Å². The number of nitrogens with zero attached hydrogens (tertiary/aromatic N) is 6. The average molecular weight is 630 g/mol. The molecule has 0 bridgehead atoms. The topological polar surface area (TPSA) is 197 Å². The predicted octanol–water partition coefficient (Wildman–Crippen LogP) is 2.21. The number of nitro groups is 1. The van der Waals surface area contributed by atoms with E-state index < -0.39 is 34.5 Å². The van der Waals surface area contributed by atoms with E-state index in [0.29, 0.717) is 17.9 Å². The first-order valence-corrected chi connectivity index (χ1v) is 14.3. The lowest BCUT2D eigenvalue weighted by Crippen LogP contribution is -2.36. The second kappa shape index (κ2) is 12.5. The normalized spacial score (nSPS) is 11.1. The van der Waals surface area contributed by atoms with Gasteiger partial charge in [-0.1, -0.05) is 19.4 Å². The van der Waals surface area contributed by atoms with Crippen LogP contribution in [0.25, 0.3) is 22.3 Å². The van der Waals surface area contributed by atoms with Crippen LogP contribution < -0.4 is 27.2 Å². The lowest BCUT2D eigenvalue weighted by Gasteiger charge is -2.17. The number of carbonyl (C=O) groups is 3. The second-order valence-corrected chi connectivity index (χ2v) is 10.8. The molecule has 0 atom stereocenters. The molecule has 0 saturated carbocycles. The quantitative estimate of drug-likeness (QED) is 0.0904. The third kappa shape index (κ3) is 5.99. The van der Waals surface area contributed by atoms with Crippen molar-refractivity contribution >= 4 is 45.7 Å². The summed E-state index contributed by atoms with van der Waals surface area (Å²) in [6, 6.07) is 8.53. The summed E-state index contributed by atoms with van der Waals surface area (Å²) in [5.74, 6) is -1.46. The van der Waals surface area contributed by atoms with Crippen molar-refractivity contribution in [2.45, 2.75) is 26.3 Å². The zero-order valence-electron chi connectivity index (χ0n) is 25.5. The molecule has 0 spiro atoms. The summed E-state index contributed by atoms with van der Waals surface area (Å²) >= 11 is 0. The molecule has 3 N–H and O–H groups in total. The monoisotopic (exact) mass is 629 g/mol. The minimum absolute atomic E-state index is 0.0714. The van der Waals surface area contributed by atoms with E-state index in [1.807, 2.05) is 6.92 Å². The highest BCUT2D eigenvalue weighted by molar-refractivity contribution is 6.05. The first kappa shape index (κ1) is 31.4. The molecule has 2 aromatic heterocycles. The van der Waals surface area contributed by atoms with E-state index in [0.717, 1.165) is 17.4 Å². The summed E-state index contributed by atoms with van der Waals surface area (Å²) in [5.41, 5.74) is -0.452. The molecule has 2 aliphatic rings. The number of aromatic nitrogens is 5. The number of pyridine rings is 1. The molecule has 4 heterocycles. The maximum absolute atomic E-state index is 13.3. The minimum Gasteiger partial charge on any atom is -0.351 e. The molecular formula is C30H31N9O7. The number of benzene rings is 1. The first-order valence-electron chi connectivity index (χ1n) is 14.3. The Morgan fingerprint density at radius 3 is 2.24 bits per heavy atom. The molecule has 0 fully saturated rings. The van der Waals surface area contributed by atoms with Crippen molar-refractivity contribution < 1.29 is 19.3 Å². The Hall–Kier alpha value is -6.06. The van der Waals surface area contributed by atoms with Crippen molar-refractivity contribution in [3.63, 3.8) is 0 Å². The van der Waals surface area contributed by atoms with E-state index in [4.69, 9.17) is 0 Å². The van der Waals surface area contributed by atoms with Crippen molar-refractivity contribution in [1.29, 1.82) is 0 Å². The van der Waals surface area contributed by atoms with Gasteiger partial charge in [-0.15, -0.1) is 0 Å². The SMILES string of the molecule is CCCCNC(=O)c1cc(NC(=O)c2cc(NC(=O)Cn3c4nc(=O)n(C)c(=O)c-4cc4c([N+](=O)[O-])cccc43)cn2C)cn1C. The number of aryl methyl sites for hydroxylation is 2. The highest BCUT2D eigenvalue weighted by Gasteiger charge is 2.24. The van der Waals surface area contributed by atoms with E-state index in [1.165, 1.54) is 52.7 Å². The molecule has 0 aliphatic carbocycles. The Labute approximate surface area is 260 Å². The van der Waals surface area contributed by atoms with Crippen molar-refractivity contribution in [3.05, 3.63) is 91.1 Å². The van der Waals surface area contributed by atoms with Crippen molar-refractivity contribution in [1.82, 2.24) is 28.6 Å². The minimum atomic E-state index is -0.849. The summed E-state index contributed by atoms with van der Waals surface area (Å²) in [7, 11) is 4.55. The van der Waals surface area contributed by atoms with Gasteiger partial charge in [0.25, 0.3) is 23.1 Å². The summed E-state index contributed by atoms with van der Waals surface area (Å²) in [6.07, 6.45) is 4.93. The molecule has 1 aromatic carbocycles. The van der Waals surface area contributed by atoms with Crippen LogP contribution in [0.2, 0.25) is 0 Å². The van der Waals surface area contributed by atoms with Crippen LogP contribution in [0.1, 0.15) is 40.7 Å². The Morgan fingerprint density at radius 2 is 1.59 bits per heavy atom. The van der Waals surface area contributed by atoms with Gasteiger partial charge in [0, 0.05) is 46.1 Å². The van der Waals surface area contributed by atoms with E-state index in [9.17, 15) is 34.1 Å². The van der Waals surface area contributed by atoms with Crippen molar-refractivity contribution in [2.24, 2.45) is 21.1 Å². The second-order valence-electron chi connectivity index (χ2n) is 10.8. The Morgan fingerprint density at radius 1 is 0.935 bits per heavy atom. The number of amides is 3. The van der Waals surface area contributed by atoms with Gasteiger partial charge in [-0.3, -0.25) is 33.9 Å². The zero-order chi connectivity index (χ0) is 33.3. The highest BCUT2D eigenvalue weighted by Crippen LogP contribution is 2.30. The van der Waals surface area contributed by atoms with Gasteiger partial charge in [-0.05, 0) is 30.7 Å². The Bertz CT molecular complexity index is 2120. The molecule has 46 heavy (non-hydrogen) atoms. The molecule has 3 aromatic rings. The number of fused-ring (bicyclic) bond motifs is 2. The van der Waals surface area contributed by atoms with Crippen LogP contribution in [-0.4, -0.2) is 52.4 Å². The maximum atomic E-state index is 13.3. The number of unbranched alkanes of at least 4 members (excludes halogenated alkanes) is 1. The van der Waals surface area contributed by atoms with Gasteiger partial charge in [-0.2, -0.15) is 4.98 Å². The van der Waals surface area contributed by atoms with Crippen molar-refractivity contribution in [2.75, 3.05) is 17.2 Å². The molecule has 2 aliphatic heterocycles. The molecule has 5 rings (SSSR count). The van der Waals surface area contributed by atoms with Gasteiger partial charge in [0.05, 0.1) is 32.8 Å². The van der Waals surface area contributed by atoms with Crippen LogP contribution >= 0.6 is 0 Å². The molecular weight excluding hydrogens is 598 g/mol. The molecule has 238 valence electrons. The van der Waals surface area contributed by atoms with E-state index in [-0.39, 0.29) is 45.3 Å². The molecule has 16 nitrogen and oxygen atoms in total. The van der Waals surface area contributed by atoms with Crippen LogP contribution in [0.3, 0.4) is 0 Å². The number of nitro benzene ring substituents is 1. The first-order chi connectivity index (χ1) is 21.9. The lowest BCUT2D eigenvalue weighted by molar-refractivity contribution is -0.383. The van der Waals surface area contributed by atoms with E-state index >= 15 is 0 Å². The van der Waals surface area contributed by atoms with Crippen molar-refractivity contribution in [3.8, 4) is 11.4 Å². The number of non-ortho nitro benzene ring substituents is 1. The summed E-state index contributed by atoms with van der Waals surface area (Å²) in [4.78, 5) is 79.3. The number of nitrogens with one attached hydrogen (secondary N) is 3. The van der Waals surface area contributed by atoms with Gasteiger partial charge in [0.2, 0.25) is 5.91 Å². The van der Waals surface area contributed by atoms with Gasteiger partial charge in [0.1, 0.15) is 17.9 Å². The number of anilines is 2. The summed E-state index contributed by atoms with van der Waals surface area (Å²) in [5, 5.41) is 20.1. The van der Waals surface area contributed by atoms with Crippen LogP contribution in [0.15, 0.2) is 58.4 Å². The van der Waals surface area contributed by atoms with Gasteiger partial charge in [0.15, 0.2) is 5.82 Å². The van der Waals surface area contributed by atoms with Crippen LogP contribution in [-0.2, 0) is 32.5 Å². The number of hydrogen-bond donors (Lipinski definition) is 3. The third-order valence-electron chi connectivity index (χ3n) is 7.49. The summed E-state index contributed by atoms with van der Waals surface area (Å²) < 4.78 is 5.17. The van der Waals surface area contributed by atoms with Gasteiger partial charge < -0.3 is 29.7 Å². The number of carbonyl (C=O) groups excluding carboxylic acids is 3. The predicted molar refractivity (Wildman–Crippen MR) is 169 cm³/mol.